The molecule has 36 heavy (non-hydrogen) atoms. The van der Waals surface area contributed by atoms with E-state index in [0.717, 1.165) is 11.5 Å². The van der Waals surface area contributed by atoms with Crippen molar-refractivity contribution in [3.8, 4) is 16.9 Å². The first-order chi connectivity index (χ1) is 17.7. The molecule has 2 aliphatic rings. The Kier molecular flexibility index (Phi) is 7.26. The molecule has 2 aliphatic carbocycles. The quantitative estimate of drug-likeness (QED) is 0.314. The van der Waals surface area contributed by atoms with E-state index in [-0.39, 0.29) is 17.3 Å². The predicted octanol–water partition coefficient (Wildman–Crippen LogP) is 6.40. The largest absolute Gasteiger partial charge is 0.492 e. The fourth-order valence-corrected chi connectivity index (χ4v) is 5.86. The van der Waals surface area contributed by atoms with Gasteiger partial charge in [-0.15, -0.1) is 0 Å². The Morgan fingerprint density at radius 1 is 0.694 bits per heavy atom. The highest BCUT2D eigenvalue weighted by atomic mass is 16.5. The number of fused-ring (bicyclic) bond motifs is 3. The number of hydrogen-bond donors (Lipinski definition) is 0. The molecule has 2 unspecified atom stereocenters. The minimum atomic E-state index is -0.331. The van der Waals surface area contributed by atoms with E-state index in [4.69, 9.17) is 18.9 Å². The summed E-state index contributed by atoms with van der Waals surface area (Å²) in [5.74, 6) is 2.22. The van der Waals surface area contributed by atoms with Crippen molar-refractivity contribution in [3.05, 3.63) is 113 Å². The summed E-state index contributed by atoms with van der Waals surface area (Å²) in [7, 11) is 3.38. The van der Waals surface area contributed by atoms with E-state index in [1.807, 2.05) is 0 Å². The Balaban J connectivity index is 1.61. The van der Waals surface area contributed by atoms with Gasteiger partial charge in [0, 0.05) is 20.1 Å². The first-order valence-corrected chi connectivity index (χ1v) is 12.6. The first-order valence-electron chi connectivity index (χ1n) is 12.6. The van der Waals surface area contributed by atoms with Gasteiger partial charge in [-0.05, 0) is 58.0 Å². The standard InChI is InChI=1S/C32H34O4/c1-23-22-26(36-21-19-34-3)16-17-29(23)32(24-12-14-25(15-13-24)35-20-18-33-2)30-10-6-4-8-27(30)28-9-5-7-11-31(28)32/h4-17,22-23,29H,18-21H2,1-3H3. The predicted molar refractivity (Wildman–Crippen MR) is 143 cm³/mol. The molecule has 3 aromatic carbocycles. The number of hydrogen-bond acceptors (Lipinski definition) is 4. The Morgan fingerprint density at radius 3 is 1.86 bits per heavy atom. The van der Waals surface area contributed by atoms with Gasteiger partial charge in [-0.25, -0.2) is 0 Å². The van der Waals surface area contributed by atoms with Crippen LogP contribution in [0.5, 0.6) is 5.75 Å². The van der Waals surface area contributed by atoms with Crippen LogP contribution in [0, 0.1) is 11.8 Å². The molecule has 0 bridgehead atoms. The van der Waals surface area contributed by atoms with E-state index < -0.39 is 0 Å². The van der Waals surface area contributed by atoms with Gasteiger partial charge in [-0.3, -0.25) is 0 Å². The number of allylic oxidation sites excluding steroid dienone is 3. The molecule has 0 spiro atoms. The first kappa shape index (κ1) is 24.4. The number of rotatable bonds is 10. The molecule has 4 nitrogen and oxygen atoms in total. The zero-order chi connectivity index (χ0) is 25.0. The van der Waals surface area contributed by atoms with Crippen molar-refractivity contribution in [2.24, 2.45) is 11.8 Å². The topological polar surface area (TPSA) is 36.9 Å². The highest BCUT2D eigenvalue weighted by Crippen LogP contribution is 2.58. The second-order valence-electron chi connectivity index (χ2n) is 9.42. The lowest BCUT2D eigenvalue weighted by atomic mass is 9.59. The van der Waals surface area contributed by atoms with Crippen LogP contribution in [-0.2, 0) is 19.6 Å². The summed E-state index contributed by atoms with van der Waals surface area (Å²) in [4.78, 5) is 0. The third kappa shape index (κ3) is 4.25. The molecule has 0 saturated heterocycles. The van der Waals surface area contributed by atoms with Crippen LogP contribution in [0.1, 0.15) is 23.6 Å². The van der Waals surface area contributed by atoms with Crippen LogP contribution in [0.25, 0.3) is 11.1 Å². The fourth-order valence-electron chi connectivity index (χ4n) is 5.86. The average molecular weight is 483 g/mol. The van der Waals surface area contributed by atoms with E-state index in [9.17, 15) is 0 Å². The molecule has 0 saturated carbocycles. The van der Waals surface area contributed by atoms with Crippen LogP contribution in [0.2, 0.25) is 0 Å². The van der Waals surface area contributed by atoms with Crippen molar-refractivity contribution < 1.29 is 18.9 Å². The van der Waals surface area contributed by atoms with Gasteiger partial charge in [0.25, 0.3) is 0 Å². The van der Waals surface area contributed by atoms with Crippen molar-refractivity contribution in [2.45, 2.75) is 12.3 Å². The molecule has 4 heteroatoms. The van der Waals surface area contributed by atoms with Crippen molar-refractivity contribution >= 4 is 0 Å². The van der Waals surface area contributed by atoms with Gasteiger partial charge >= 0.3 is 0 Å². The van der Waals surface area contributed by atoms with Crippen molar-refractivity contribution in [1.29, 1.82) is 0 Å². The average Bonchev–Trinajstić information content (AvgIpc) is 3.21. The van der Waals surface area contributed by atoms with Gasteiger partial charge in [-0.1, -0.05) is 73.7 Å². The summed E-state index contributed by atoms with van der Waals surface area (Å²) >= 11 is 0. The smallest absolute Gasteiger partial charge is 0.119 e. The highest BCUT2D eigenvalue weighted by Gasteiger charge is 2.50. The molecule has 0 N–H and O–H groups in total. The second-order valence-corrected chi connectivity index (χ2v) is 9.42. The van der Waals surface area contributed by atoms with Crippen LogP contribution >= 0.6 is 0 Å². The molecule has 0 heterocycles. The zero-order valence-corrected chi connectivity index (χ0v) is 21.3. The maximum Gasteiger partial charge on any atom is 0.119 e. The lowest BCUT2D eigenvalue weighted by molar-refractivity contribution is 0.112. The minimum Gasteiger partial charge on any atom is -0.492 e. The summed E-state index contributed by atoms with van der Waals surface area (Å²) in [6.07, 6.45) is 6.73. The molecule has 0 aliphatic heterocycles. The van der Waals surface area contributed by atoms with Gasteiger partial charge in [0.15, 0.2) is 0 Å². The summed E-state index contributed by atoms with van der Waals surface area (Å²) in [6, 6.07) is 26.3. The fraction of sp³-hybridized carbons (Fsp3) is 0.312. The Hall–Kier alpha value is -3.34. The summed E-state index contributed by atoms with van der Waals surface area (Å²) in [5.41, 5.74) is 6.23. The second kappa shape index (κ2) is 10.7. The van der Waals surface area contributed by atoms with E-state index in [0.29, 0.717) is 26.4 Å². The molecule has 0 radical (unpaired) electrons. The molecule has 0 amide bonds. The molecule has 3 aromatic rings. The third-order valence-corrected chi connectivity index (χ3v) is 7.38. The number of methoxy groups -OCH3 is 2. The molecule has 5 rings (SSSR count). The lowest BCUT2D eigenvalue weighted by Crippen LogP contribution is -2.39. The Bertz CT molecular complexity index is 1200. The molecule has 186 valence electrons. The van der Waals surface area contributed by atoms with Gasteiger partial charge in [0.1, 0.15) is 24.7 Å². The molecule has 0 fully saturated rings. The van der Waals surface area contributed by atoms with Crippen LogP contribution in [0.3, 0.4) is 0 Å². The van der Waals surface area contributed by atoms with E-state index in [1.165, 1.54) is 27.8 Å². The van der Waals surface area contributed by atoms with Crippen LogP contribution < -0.4 is 4.74 Å². The summed E-state index contributed by atoms with van der Waals surface area (Å²) in [6.45, 7) is 4.52. The van der Waals surface area contributed by atoms with Crippen molar-refractivity contribution in [3.63, 3.8) is 0 Å². The van der Waals surface area contributed by atoms with E-state index >= 15 is 0 Å². The van der Waals surface area contributed by atoms with Crippen LogP contribution in [0.15, 0.2) is 96.8 Å². The zero-order valence-electron chi connectivity index (χ0n) is 21.3. The minimum absolute atomic E-state index is 0.206. The molecule has 0 aromatic heterocycles. The molecular weight excluding hydrogens is 448 g/mol. The maximum absolute atomic E-state index is 5.97. The van der Waals surface area contributed by atoms with Crippen molar-refractivity contribution in [2.75, 3.05) is 40.6 Å². The Labute approximate surface area is 214 Å². The van der Waals surface area contributed by atoms with Crippen molar-refractivity contribution in [1.82, 2.24) is 0 Å². The number of benzene rings is 3. The van der Waals surface area contributed by atoms with Crippen LogP contribution in [-0.4, -0.2) is 40.6 Å². The van der Waals surface area contributed by atoms with Crippen LogP contribution in [0.4, 0.5) is 0 Å². The maximum atomic E-state index is 5.97. The molecule has 2 atom stereocenters. The van der Waals surface area contributed by atoms with E-state index in [2.05, 4.69) is 97.9 Å². The third-order valence-electron chi connectivity index (χ3n) is 7.38. The SMILES string of the molecule is COCCOC1=CC(C)C(C2(c3ccc(OCCOC)cc3)c3ccccc3-c3ccccc32)C=C1. The normalized spacial score (nSPS) is 19.4. The summed E-state index contributed by atoms with van der Waals surface area (Å²) in [5, 5.41) is 0. The lowest BCUT2D eigenvalue weighted by Gasteiger charge is -2.42. The molecular formula is C32H34O4. The van der Waals surface area contributed by atoms with Gasteiger partial charge in [0.05, 0.1) is 18.6 Å². The van der Waals surface area contributed by atoms with Gasteiger partial charge < -0.3 is 18.9 Å². The summed E-state index contributed by atoms with van der Waals surface area (Å²) < 4.78 is 22.2. The van der Waals surface area contributed by atoms with Gasteiger partial charge in [-0.2, -0.15) is 0 Å². The number of ether oxygens (including phenoxy) is 4. The Morgan fingerprint density at radius 2 is 1.28 bits per heavy atom. The van der Waals surface area contributed by atoms with Gasteiger partial charge in [0.2, 0.25) is 0 Å². The highest BCUT2D eigenvalue weighted by molar-refractivity contribution is 5.84. The monoisotopic (exact) mass is 482 g/mol. The van der Waals surface area contributed by atoms with E-state index in [1.54, 1.807) is 14.2 Å².